The molecule has 1 nitrogen and oxygen atoms in total. The Bertz CT molecular complexity index is 241. The fourth-order valence-corrected chi connectivity index (χ4v) is 0.958. The molecular formula is C9H9ClO. The SMILES string of the molecule is C[C@@](Cl)(C=O)c1ccccc1. The monoisotopic (exact) mass is 168 g/mol. The maximum Gasteiger partial charge on any atom is 0.145 e. The zero-order valence-corrected chi connectivity index (χ0v) is 7.01. The Morgan fingerprint density at radius 1 is 1.36 bits per heavy atom. The van der Waals surface area contributed by atoms with Gasteiger partial charge in [-0.05, 0) is 12.5 Å². The van der Waals surface area contributed by atoms with E-state index in [0.29, 0.717) is 0 Å². The van der Waals surface area contributed by atoms with Crippen LogP contribution in [0.2, 0.25) is 0 Å². The van der Waals surface area contributed by atoms with E-state index in [1.54, 1.807) is 6.92 Å². The standard InChI is InChI=1S/C9H9ClO/c1-9(10,7-11)8-5-3-2-4-6-8/h2-7H,1H3/t9-/m1/s1. The first-order chi connectivity index (χ1) is 5.17. The van der Waals surface area contributed by atoms with E-state index >= 15 is 0 Å². The third-order valence-corrected chi connectivity index (χ3v) is 1.87. The third-order valence-electron chi connectivity index (χ3n) is 1.56. The molecule has 0 aliphatic heterocycles. The summed E-state index contributed by atoms with van der Waals surface area (Å²) in [5.41, 5.74) is 0.830. The zero-order valence-electron chi connectivity index (χ0n) is 6.25. The lowest BCUT2D eigenvalue weighted by Crippen LogP contribution is -2.14. The number of rotatable bonds is 2. The lowest BCUT2D eigenvalue weighted by atomic mass is 10.0. The molecule has 0 fully saturated rings. The van der Waals surface area contributed by atoms with Crippen LogP contribution >= 0.6 is 11.6 Å². The number of hydrogen-bond acceptors (Lipinski definition) is 1. The maximum absolute atomic E-state index is 10.5. The van der Waals surface area contributed by atoms with E-state index in [1.165, 1.54) is 0 Å². The highest BCUT2D eigenvalue weighted by molar-refractivity contribution is 6.31. The number of aldehydes is 1. The van der Waals surface area contributed by atoms with Gasteiger partial charge in [0.15, 0.2) is 0 Å². The second kappa shape index (κ2) is 3.05. The summed E-state index contributed by atoms with van der Waals surface area (Å²) in [4.78, 5) is 9.62. The van der Waals surface area contributed by atoms with Crippen LogP contribution in [0.15, 0.2) is 30.3 Å². The van der Waals surface area contributed by atoms with Gasteiger partial charge in [-0.1, -0.05) is 30.3 Å². The minimum atomic E-state index is -0.874. The van der Waals surface area contributed by atoms with E-state index in [-0.39, 0.29) is 0 Å². The Morgan fingerprint density at radius 2 is 1.91 bits per heavy atom. The summed E-state index contributed by atoms with van der Waals surface area (Å²) in [5, 5.41) is 0. The second-order valence-corrected chi connectivity index (χ2v) is 3.34. The van der Waals surface area contributed by atoms with Crippen LogP contribution in [-0.2, 0) is 9.67 Å². The van der Waals surface area contributed by atoms with Gasteiger partial charge >= 0.3 is 0 Å². The lowest BCUT2D eigenvalue weighted by Gasteiger charge is -2.13. The van der Waals surface area contributed by atoms with Gasteiger partial charge in [0.05, 0.1) is 0 Å². The zero-order chi connectivity index (χ0) is 8.32. The summed E-state index contributed by atoms with van der Waals surface area (Å²) in [5.74, 6) is 0. The first-order valence-corrected chi connectivity index (χ1v) is 3.75. The number of benzene rings is 1. The Morgan fingerprint density at radius 3 is 2.36 bits per heavy atom. The molecule has 1 atom stereocenters. The van der Waals surface area contributed by atoms with E-state index in [9.17, 15) is 4.79 Å². The molecular weight excluding hydrogens is 160 g/mol. The van der Waals surface area contributed by atoms with Gasteiger partial charge in [-0.25, -0.2) is 0 Å². The van der Waals surface area contributed by atoms with Gasteiger partial charge in [0.1, 0.15) is 11.2 Å². The molecule has 0 aromatic heterocycles. The molecule has 0 amide bonds. The van der Waals surface area contributed by atoms with Gasteiger partial charge in [-0.15, -0.1) is 11.6 Å². The fourth-order valence-electron chi connectivity index (χ4n) is 0.832. The van der Waals surface area contributed by atoms with Crippen LogP contribution < -0.4 is 0 Å². The number of hydrogen-bond donors (Lipinski definition) is 0. The van der Waals surface area contributed by atoms with Crippen LogP contribution in [0, 0.1) is 0 Å². The largest absolute Gasteiger partial charge is 0.301 e. The van der Waals surface area contributed by atoms with E-state index in [1.807, 2.05) is 30.3 Å². The van der Waals surface area contributed by atoms with E-state index in [2.05, 4.69) is 0 Å². The maximum atomic E-state index is 10.5. The molecule has 0 aliphatic carbocycles. The smallest absolute Gasteiger partial charge is 0.145 e. The van der Waals surface area contributed by atoms with Crippen molar-refractivity contribution >= 4 is 17.9 Å². The number of carbonyl (C=O) groups is 1. The van der Waals surface area contributed by atoms with Gasteiger partial charge in [0.25, 0.3) is 0 Å². The van der Waals surface area contributed by atoms with Crippen molar-refractivity contribution in [2.75, 3.05) is 0 Å². The van der Waals surface area contributed by atoms with Gasteiger partial charge in [-0.2, -0.15) is 0 Å². The Kier molecular flexibility index (Phi) is 2.30. The number of halogens is 1. The van der Waals surface area contributed by atoms with Crippen molar-refractivity contribution in [1.82, 2.24) is 0 Å². The normalized spacial score (nSPS) is 15.5. The van der Waals surface area contributed by atoms with Crippen LogP contribution in [0.3, 0.4) is 0 Å². The molecule has 0 heterocycles. The predicted octanol–water partition coefficient (Wildman–Crippen LogP) is 2.34. The second-order valence-electron chi connectivity index (χ2n) is 2.56. The summed E-state index contributed by atoms with van der Waals surface area (Å²) in [7, 11) is 0. The molecule has 2 heteroatoms. The molecule has 0 bridgehead atoms. The first-order valence-electron chi connectivity index (χ1n) is 3.37. The van der Waals surface area contributed by atoms with Crippen molar-refractivity contribution in [3.8, 4) is 0 Å². The van der Waals surface area contributed by atoms with Gasteiger partial charge in [-0.3, -0.25) is 0 Å². The summed E-state index contributed by atoms with van der Waals surface area (Å²) in [6.07, 6.45) is 0.740. The van der Waals surface area contributed by atoms with Crippen molar-refractivity contribution in [2.45, 2.75) is 11.8 Å². The molecule has 0 saturated carbocycles. The highest BCUT2D eigenvalue weighted by Gasteiger charge is 2.21. The number of alkyl halides is 1. The van der Waals surface area contributed by atoms with E-state index in [0.717, 1.165) is 11.8 Å². The van der Waals surface area contributed by atoms with Crippen LogP contribution in [0.1, 0.15) is 12.5 Å². The Hall–Kier alpha value is -0.820. The van der Waals surface area contributed by atoms with E-state index in [4.69, 9.17) is 11.6 Å². The molecule has 58 valence electrons. The highest BCUT2D eigenvalue weighted by atomic mass is 35.5. The molecule has 0 spiro atoms. The van der Waals surface area contributed by atoms with Crippen molar-refractivity contribution < 1.29 is 4.79 Å². The Balaban J connectivity index is 3.02. The number of carbonyl (C=O) groups excluding carboxylic acids is 1. The van der Waals surface area contributed by atoms with Crippen LogP contribution in [0.4, 0.5) is 0 Å². The highest BCUT2D eigenvalue weighted by Crippen LogP contribution is 2.24. The first kappa shape index (κ1) is 8.28. The quantitative estimate of drug-likeness (QED) is 0.490. The molecule has 1 aromatic carbocycles. The summed E-state index contributed by atoms with van der Waals surface area (Å²) < 4.78 is 0. The lowest BCUT2D eigenvalue weighted by molar-refractivity contribution is -0.109. The topological polar surface area (TPSA) is 17.1 Å². The average molecular weight is 169 g/mol. The molecule has 0 N–H and O–H groups in total. The van der Waals surface area contributed by atoms with Gasteiger partial charge < -0.3 is 4.79 Å². The van der Waals surface area contributed by atoms with Crippen molar-refractivity contribution in [3.63, 3.8) is 0 Å². The third kappa shape index (κ3) is 1.81. The molecule has 11 heavy (non-hydrogen) atoms. The van der Waals surface area contributed by atoms with Gasteiger partial charge in [0.2, 0.25) is 0 Å². The summed E-state index contributed by atoms with van der Waals surface area (Å²) in [6.45, 7) is 1.68. The summed E-state index contributed by atoms with van der Waals surface area (Å²) >= 11 is 5.88. The van der Waals surface area contributed by atoms with Gasteiger partial charge in [0, 0.05) is 0 Å². The summed E-state index contributed by atoms with van der Waals surface area (Å²) in [6, 6.07) is 9.28. The molecule has 1 aromatic rings. The molecule has 0 unspecified atom stereocenters. The molecule has 0 aliphatic rings. The van der Waals surface area contributed by atoms with Crippen molar-refractivity contribution in [2.24, 2.45) is 0 Å². The van der Waals surface area contributed by atoms with E-state index < -0.39 is 4.87 Å². The van der Waals surface area contributed by atoms with Crippen molar-refractivity contribution in [3.05, 3.63) is 35.9 Å². The molecule has 1 rings (SSSR count). The minimum absolute atomic E-state index is 0.740. The Labute approximate surface area is 71.0 Å². The minimum Gasteiger partial charge on any atom is -0.301 e. The average Bonchev–Trinajstić information content (AvgIpc) is 2.06. The predicted molar refractivity (Wildman–Crippen MR) is 45.7 cm³/mol. The van der Waals surface area contributed by atoms with Crippen LogP contribution in [0.25, 0.3) is 0 Å². The molecule has 0 radical (unpaired) electrons. The van der Waals surface area contributed by atoms with Crippen LogP contribution in [0.5, 0.6) is 0 Å². The van der Waals surface area contributed by atoms with Crippen molar-refractivity contribution in [1.29, 1.82) is 0 Å². The molecule has 0 saturated heterocycles. The fraction of sp³-hybridized carbons (Fsp3) is 0.222. The van der Waals surface area contributed by atoms with Crippen LogP contribution in [-0.4, -0.2) is 6.29 Å².